The third-order valence-electron chi connectivity index (χ3n) is 4.47. The average molecular weight is 438 g/mol. The summed E-state index contributed by atoms with van der Waals surface area (Å²) in [5.41, 5.74) is 4.94. The average Bonchev–Trinajstić information content (AvgIpc) is 3.35. The van der Waals surface area contributed by atoms with Gasteiger partial charge in [0.15, 0.2) is 5.16 Å². The zero-order valence-electron chi connectivity index (χ0n) is 16.4. The third kappa shape index (κ3) is 4.24. The van der Waals surface area contributed by atoms with E-state index in [9.17, 15) is 9.59 Å². The number of anilines is 1. The number of H-pyrrole nitrogens is 1. The molecule has 0 aliphatic carbocycles. The molecule has 2 N–H and O–H groups in total. The molecule has 0 radical (unpaired) electrons. The number of fused-ring (bicyclic) bond motifs is 1. The van der Waals surface area contributed by atoms with Crippen LogP contribution in [0, 0.1) is 6.92 Å². The fourth-order valence-corrected chi connectivity index (χ4v) is 4.71. The van der Waals surface area contributed by atoms with Gasteiger partial charge in [-0.05, 0) is 30.2 Å². The summed E-state index contributed by atoms with van der Waals surface area (Å²) >= 11 is 2.62. The lowest BCUT2D eigenvalue weighted by molar-refractivity contribution is -0.113. The van der Waals surface area contributed by atoms with Gasteiger partial charge in [-0.2, -0.15) is 0 Å². The molecule has 2 heterocycles. The van der Waals surface area contributed by atoms with Gasteiger partial charge in [-0.25, -0.2) is 9.78 Å². The van der Waals surface area contributed by atoms with Crippen molar-refractivity contribution in [3.8, 4) is 11.1 Å². The van der Waals surface area contributed by atoms with Crippen LogP contribution in [0.15, 0.2) is 59.1 Å². The molecular formula is C22H19N3O3S2. The Morgan fingerprint density at radius 1 is 1.20 bits per heavy atom. The van der Waals surface area contributed by atoms with Gasteiger partial charge in [0.1, 0.15) is 10.6 Å². The number of carbonyl (C=O) groups excluding carboxylic acids is 2. The first-order valence-corrected chi connectivity index (χ1v) is 11.1. The number of aromatic nitrogens is 2. The SMILES string of the molecule is COC(=O)c1c(-c2ccccc2)csc1NC(=O)CSc1nc2ccc(C)cc2[nH]1. The van der Waals surface area contributed by atoms with E-state index in [1.54, 1.807) is 0 Å². The largest absolute Gasteiger partial charge is 0.465 e. The number of carbonyl (C=O) groups is 2. The highest BCUT2D eigenvalue weighted by molar-refractivity contribution is 7.99. The van der Waals surface area contributed by atoms with E-state index in [1.807, 2.05) is 60.8 Å². The maximum absolute atomic E-state index is 12.5. The molecular weight excluding hydrogens is 418 g/mol. The normalized spacial score (nSPS) is 10.9. The van der Waals surface area contributed by atoms with Crippen LogP contribution in [0.25, 0.3) is 22.2 Å². The number of ether oxygens (including phenoxy) is 1. The molecule has 2 aromatic heterocycles. The maximum atomic E-state index is 12.5. The van der Waals surface area contributed by atoms with Crippen molar-refractivity contribution in [2.45, 2.75) is 12.1 Å². The van der Waals surface area contributed by atoms with Crippen molar-refractivity contribution in [2.75, 3.05) is 18.2 Å². The lowest BCUT2D eigenvalue weighted by atomic mass is 10.0. The van der Waals surface area contributed by atoms with Crippen molar-refractivity contribution in [3.05, 3.63) is 65.0 Å². The topological polar surface area (TPSA) is 84.1 Å². The van der Waals surface area contributed by atoms with E-state index in [0.29, 0.717) is 15.7 Å². The number of hydrogen-bond acceptors (Lipinski definition) is 6. The van der Waals surface area contributed by atoms with E-state index in [1.165, 1.54) is 30.2 Å². The standard InChI is InChI=1S/C22H19N3O3S2/c1-13-8-9-16-17(10-13)24-22(23-16)30-12-18(26)25-20-19(21(27)28-2)15(11-29-20)14-6-4-3-5-7-14/h3-11H,12H2,1-2H3,(H,23,24)(H,25,26). The molecule has 1 amide bonds. The highest BCUT2D eigenvalue weighted by Gasteiger charge is 2.22. The Morgan fingerprint density at radius 2 is 2.00 bits per heavy atom. The minimum atomic E-state index is -0.481. The molecule has 2 aromatic carbocycles. The molecule has 8 heteroatoms. The molecule has 6 nitrogen and oxygen atoms in total. The number of thiophene rings is 1. The van der Waals surface area contributed by atoms with Gasteiger partial charge in [-0.3, -0.25) is 4.79 Å². The van der Waals surface area contributed by atoms with Crippen LogP contribution in [-0.4, -0.2) is 34.7 Å². The van der Waals surface area contributed by atoms with Crippen molar-refractivity contribution < 1.29 is 14.3 Å². The highest BCUT2D eigenvalue weighted by Crippen LogP contribution is 2.36. The van der Waals surface area contributed by atoms with Crippen molar-refractivity contribution in [1.82, 2.24) is 9.97 Å². The second-order valence-corrected chi connectivity index (χ2v) is 8.45. The first-order valence-electron chi connectivity index (χ1n) is 9.19. The minimum absolute atomic E-state index is 0.165. The lowest BCUT2D eigenvalue weighted by Gasteiger charge is -2.07. The monoisotopic (exact) mass is 437 g/mol. The molecule has 0 saturated carbocycles. The molecule has 152 valence electrons. The smallest absolute Gasteiger partial charge is 0.341 e. The molecule has 0 aliphatic rings. The maximum Gasteiger partial charge on any atom is 0.341 e. The van der Waals surface area contributed by atoms with Crippen LogP contribution >= 0.6 is 23.1 Å². The van der Waals surface area contributed by atoms with E-state index in [2.05, 4.69) is 15.3 Å². The fourth-order valence-electron chi connectivity index (χ4n) is 3.05. The van der Waals surface area contributed by atoms with E-state index < -0.39 is 5.97 Å². The Morgan fingerprint density at radius 3 is 2.77 bits per heavy atom. The number of aryl methyl sites for hydroxylation is 1. The van der Waals surface area contributed by atoms with Crippen LogP contribution in [0.1, 0.15) is 15.9 Å². The lowest BCUT2D eigenvalue weighted by Crippen LogP contribution is -2.16. The number of imidazole rings is 1. The summed E-state index contributed by atoms with van der Waals surface area (Å²) in [6.45, 7) is 2.02. The number of aromatic amines is 1. The fraction of sp³-hybridized carbons (Fsp3) is 0.136. The summed E-state index contributed by atoms with van der Waals surface area (Å²) in [4.78, 5) is 32.6. The van der Waals surface area contributed by atoms with Crippen LogP contribution in [0.2, 0.25) is 0 Å². The zero-order valence-corrected chi connectivity index (χ0v) is 18.0. The number of amides is 1. The van der Waals surface area contributed by atoms with Crippen molar-refractivity contribution in [2.24, 2.45) is 0 Å². The number of nitrogens with one attached hydrogen (secondary N) is 2. The summed E-state index contributed by atoms with van der Waals surface area (Å²) in [7, 11) is 1.33. The predicted molar refractivity (Wildman–Crippen MR) is 121 cm³/mol. The summed E-state index contributed by atoms with van der Waals surface area (Å²) in [5.74, 6) is -0.535. The van der Waals surface area contributed by atoms with Gasteiger partial charge >= 0.3 is 5.97 Å². The van der Waals surface area contributed by atoms with Gasteiger partial charge in [0.25, 0.3) is 0 Å². The summed E-state index contributed by atoms with van der Waals surface area (Å²) in [6.07, 6.45) is 0. The molecule has 0 unspecified atom stereocenters. The minimum Gasteiger partial charge on any atom is -0.465 e. The molecule has 4 rings (SSSR count). The van der Waals surface area contributed by atoms with Gasteiger partial charge in [0, 0.05) is 10.9 Å². The van der Waals surface area contributed by atoms with E-state index in [4.69, 9.17) is 4.74 Å². The second-order valence-electron chi connectivity index (χ2n) is 6.61. The molecule has 0 saturated heterocycles. The van der Waals surface area contributed by atoms with Gasteiger partial charge in [-0.1, -0.05) is 48.2 Å². The highest BCUT2D eigenvalue weighted by atomic mass is 32.2. The van der Waals surface area contributed by atoms with Crippen LogP contribution in [0.5, 0.6) is 0 Å². The van der Waals surface area contributed by atoms with E-state index in [-0.39, 0.29) is 11.7 Å². The van der Waals surface area contributed by atoms with Gasteiger partial charge < -0.3 is 15.0 Å². The van der Waals surface area contributed by atoms with Crippen molar-refractivity contribution in [3.63, 3.8) is 0 Å². The molecule has 0 fully saturated rings. The third-order valence-corrected chi connectivity index (χ3v) is 6.24. The Labute approximate surface area is 181 Å². The van der Waals surface area contributed by atoms with Gasteiger partial charge in [0.2, 0.25) is 5.91 Å². The molecule has 4 aromatic rings. The number of rotatable bonds is 6. The van der Waals surface area contributed by atoms with E-state index in [0.717, 1.165) is 27.7 Å². The van der Waals surface area contributed by atoms with Crippen LogP contribution in [-0.2, 0) is 9.53 Å². The second kappa shape index (κ2) is 8.73. The summed E-state index contributed by atoms with van der Waals surface area (Å²) in [6, 6.07) is 15.5. The van der Waals surface area contributed by atoms with Crippen LogP contribution in [0.4, 0.5) is 5.00 Å². The first kappa shape index (κ1) is 20.2. The number of nitrogens with zero attached hydrogens (tertiary/aromatic N) is 1. The number of methoxy groups -OCH3 is 1. The number of thioether (sulfide) groups is 1. The first-order chi connectivity index (χ1) is 14.5. The van der Waals surface area contributed by atoms with E-state index >= 15 is 0 Å². The molecule has 0 aliphatic heterocycles. The van der Waals surface area contributed by atoms with Gasteiger partial charge in [-0.15, -0.1) is 11.3 Å². The summed E-state index contributed by atoms with van der Waals surface area (Å²) < 4.78 is 4.95. The number of benzene rings is 2. The molecule has 0 bridgehead atoms. The van der Waals surface area contributed by atoms with Crippen molar-refractivity contribution in [1.29, 1.82) is 0 Å². The number of hydrogen-bond donors (Lipinski definition) is 2. The summed E-state index contributed by atoms with van der Waals surface area (Å²) in [5, 5.41) is 5.85. The Bertz CT molecular complexity index is 1220. The molecule has 30 heavy (non-hydrogen) atoms. The predicted octanol–water partition coefficient (Wildman–Crippen LogP) is 5.12. The Balaban J connectivity index is 1.49. The molecule has 0 atom stereocenters. The van der Waals surface area contributed by atoms with Crippen molar-refractivity contribution >= 4 is 51.0 Å². The Hall–Kier alpha value is -3.10. The zero-order chi connectivity index (χ0) is 21.1. The van der Waals surface area contributed by atoms with Gasteiger partial charge in [0.05, 0.1) is 23.9 Å². The number of esters is 1. The van der Waals surface area contributed by atoms with Crippen LogP contribution in [0.3, 0.4) is 0 Å². The quantitative estimate of drug-likeness (QED) is 0.323. The Kier molecular flexibility index (Phi) is 5.87. The molecule has 0 spiro atoms. The van der Waals surface area contributed by atoms with Crippen LogP contribution < -0.4 is 5.32 Å².